The Kier molecular flexibility index (Phi) is 6.36. The molecular weight excluding hydrogens is 242 g/mol. The topological polar surface area (TPSA) is 58.6 Å². The molecule has 2 N–H and O–H groups in total. The molecule has 0 aliphatic rings. The Bertz CT molecular complexity index is 404. The zero-order valence-corrected chi connectivity index (χ0v) is 11.8. The van der Waals surface area contributed by atoms with Gasteiger partial charge in [-0.2, -0.15) is 0 Å². The van der Waals surface area contributed by atoms with Gasteiger partial charge in [0.2, 0.25) is 5.91 Å². The van der Waals surface area contributed by atoms with Gasteiger partial charge in [-0.3, -0.25) is 4.79 Å². The SMILES string of the molecule is CC(C)Oc1cccc(C(C)NC(=O)CCCO)c1. The molecule has 4 nitrogen and oxygen atoms in total. The molecule has 0 aliphatic carbocycles. The summed E-state index contributed by atoms with van der Waals surface area (Å²) in [7, 11) is 0. The van der Waals surface area contributed by atoms with E-state index >= 15 is 0 Å². The summed E-state index contributed by atoms with van der Waals surface area (Å²) in [6.45, 7) is 5.93. The van der Waals surface area contributed by atoms with Crippen molar-refractivity contribution in [2.45, 2.75) is 45.8 Å². The molecule has 1 unspecified atom stereocenters. The average Bonchev–Trinajstić information content (AvgIpc) is 2.35. The first kappa shape index (κ1) is 15.5. The molecule has 0 spiro atoms. The van der Waals surface area contributed by atoms with Gasteiger partial charge in [-0.25, -0.2) is 0 Å². The van der Waals surface area contributed by atoms with Crippen molar-refractivity contribution in [1.82, 2.24) is 5.32 Å². The molecule has 1 atom stereocenters. The molecule has 0 fully saturated rings. The number of carbonyl (C=O) groups excluding carboxylic acids is 1. The van der Waals surface area contributed by atoms with Gasteiger partial charge in [-0.05, 0) is 44.9 Å². The van der Waals surface area contributed by atoms with Crippen LogP contribution in [0, 0.1) is 0 Å². The maximum Gasteiger partial charge on any atom is 0.220 e. The number of nitrogens with one attached hydrogen (secondary N) is 1. The largest absolute Gasteiger partial charge is 0.491 e. The van der Waals surface area contributed by atoms with E-state index in [0.29, 0.717) is 12.8 Å². The highest BCUT2D eigenvalue weighted by atomic mass is 16.5. The van der Waals surface area contributed by atoms with E-state index < -0.39 is 0 Å². The molecule has 0 radical (unpaired) electrons. The highest BCUT2D eigenvalue weighted by Crippen LogP contribution is 2.20. The van der Waals surface area contributed by atoms with Gasteiger partial charge in [0.1, 0.15) is 5.75 Å². The molecule has 1 rings (SSSR count). The maximum atomic E-state index is 11.6. The second-order valence-corrected chi connectivity index (χ2v) is 4.86. The van der Waals surface area contributed by atoms with Crippen LogP contribution < -0.4 is 10.1 Å². The van der Waals surface area contributed by atoms with Crippen LogP contribution in [0.3, 0.4) is 0 Å². The van der Waals surface area contributed by atoms with Gasteiger partial charge in [0.05, 0.1) is 12.1 Å². The van der Waals surface area contributed by atoms with Crippen molar-refractivity contribution in [3.63, 3.8) is 0 Å². The fourth-order valence-electron chi connectivity index (χ4n) is 1.77. The zero-order chi connectivity index (χ0) is 14.3. The molecule has 0 aromatic heterocycles. The fraction of sp³-hybridized carbons (Fsp3) is 0.533. The van der Waals surface area contributed by atoms with Crippen LogP contribution >= 0.6 is 0 Å². The van der Waals surface area contributed by atoms with E-state index in [0.717, 1.165) is 11.3 Å². The lowest BCUT2D eigenvalue weighted by Crippen LogP contribution is -2.26. The number of amides is 1. The van der Waals surface area contributed by atoms with Crippen LogP contribution in [0.1, 0.15) is 45.2 Å². The number of ether oxygens (including phenoxy) is 1. The minimum atomic E-state index is -0.0677. The van der Waals surface area contributed by atoms with Crippen LogP contribution in [-0.4, -0.2) is 23.7 Å². The smallest absolute Gasteiger partial charge is 0.220 e. The van der Waals surface area contributed by atoms with E-state index in [4.69, 9.17) is 9.84 Å². The van der Waals surface area contributed by atoms with Crippen molar-refractivity contribution in [3.05, 3.63) is 29.8 Å². The second kappa shape index (κ2) is 7.79. The Balaban J connectivity index is 2.61. The second-order valence-electron chi connectivity index (χ2n) is 4.86. The molecule has 1 amide bonds. The summed E-state index contributed by atoms with van der Waals surface area (Å²) in [5.74, 6) is 0.765. The number of aliphatic hydroxyl groups excluding tert-OH is 1. The highest BCUT2D eigenvalue weighted by Gasteiger charge is 2.10. The van der Waals surface area contributed by atoms with Crippen molar-refractivity contribution in [2.24, 2.45) is 0 Å². The van der Waals surface area contributed by atoms with E-state index in [9.17, 15) is 4.79 Å². The standard InChI is InChI=1S/C15H23NO3/c1-11(2)19-14-7-4-6-13(10-14)12(3)16-15(18)8-5-9-17/h4,6-7,10-12,17H,5,8-9H2,1-3H3,(H,16,18). The Morgan fingerprint density at radius 1 is 1.37 bits per heavy atom. The van der Waals surface area contributed by atoms with Gasteiger partial charge < -0.3 is 15.2 Å². The molecule has 4 heteroatoms. The Morgan fingerprint density at radius 3 is 2.74 bits per heavy atom. The van der Waals surface area contributed by atoms with Crippen LogP contribution in [0.5, 0.6) is 5.75 Å². The van der Waals surface area contributed by atoms with Gasteiger partial charge in [0, 0.05) is 13.0 Å². The van der Waals surface area contributed by atoms with Crippen LogP contribution in [0.25, 0.3) is 0 Å². The van der Waals surface area contributed by atoms with E-state index in [1.54, 1.807) is 0 Å². The maximum absolute atomic E-state index is 11.6. The third kappa shape index (κ3) is 5.75. The van der Waals surface area contributed by atoms with Crippen molar-refractivity contribution in [1.29, 1.82) is 0 Å². The number of aliphatic hydroxyl groups is 1. The van der Waals surface area contributed by atoms with Crippen LogP contribution in [0.2, 0.25) is 0 Å². The lowest BCUT2D eigenvalue weighted by molar-refractivity contribution is -0.122. The van der Waals surface area contributed by atoms with Crippen LogP contribution in [0.15, 0.2) is 24.3 Å². The third-order valence-corrected chi connectivity index (χ3v) is 2.67. The molecule has 1 aromatic carbocycles. The Labute approximate surface area is 114 Å². The molecule has 0 bridgehead atoms. The summed E-state index contributed by atoms with van der Waals surface area (Å²) >= 11 is 0. The van der Waals surface area contributed by atoms with E-state index in [-0.39, 0.29) is 24.7 Å². The van der Waals surface area contributed by atoms with E-state index in [1.165, 1.54) is 0 Å². The quantitative estimate of drug-likeness (QED) is 0.796. The van der Waals surface area contributed by atoms with Gasteiger partial charge in [0.15, 0.2) is 0 Å². The summed E-state index contributed by atoms with van der Waals surface area (Å²) in [6, 6.07) is 7.66. The number of hydrogen-bond donors (Lipinski definition) is 2. The molecule has 0 heterocycles. The molecule has 106 valence electrons. The third-order valence-electron chi connectivity index (χ3n) is 2.67. The fourth-order valence-corrected chi connectivity index (χ4v) is 1.77. The first-order valence-corrected chi connectivity index (χ1v) is 6.69. The molecule has 0 aliphatic heterocycles. The van der Waals surface area contributed by atoms with E-state index in [2.05, 4.69) is 5.32 Å². The summed E-state index contributed by atoms with van der Waals surface area (Å²) in [4.78, 5) is 11.6. The first-order valence-electron chi connectivity index (χ1n) is 6.69. The normalized spacial score (nSPS) is 12.3. The summed E-state index contributed by atoms with van der Waals surface area (Å²) < 4.78 is 5.63. The summed E-state index contributed by atoms with van der Waals surface area (Å²) in [5.41, 5.74) is 1.01. The van der Waals surface area contributed by atoms with E-state index in [1.807, 2.05) is 45.0 Å². The van der Waals surface area contributed by atoms with Crippen molar-refractivity contribution in [2.75, 3.05) is 6.61 Å². The van der Waals surface area contributed by atoms with Crippen molar-refractivity contribution >= 4 is 5.91 Å². The summed E-state index contributed by atoms with van der Waals surface area (Å²) in [5, 5.41) is 11.6. The Morgan fingerprint density at radius 2 is 2.11 bits per heavy atom. The first-order chi connectivity index (χ1) is 9.02. The molecule has 0 saturated heterocycles. The Hall–Kier alpha value is -1.55. The monoisotopic (exact) mass is 265 g/mol. The molecule has 0 saturated carbocycles. The highest BCUT2D eigenvalue weighted by molar-refractivity contribution is 5.76. The number of carbonyl (C=O) groups is 1. The predicted molar refractivity (Wildman–Crippen MR) is 75.1 cm³/mol. The molecule has 1 aromatic rings. The van der Waals surface area contributed by atoms with Crippen molar-refractivity contribution < 1.29 is 14.6 Å². The zero-order valence-electron chi connectivity index (χ0n) is 11.8. The molecule has 19 heavy (non-hydrogen) atoms. The van der Waals surface area contributed by atoms with Crippen LogP contribution in [0.4, 0.5) is 0 Å². The lowest BCUT2D eigenvalue weighted by Gasteiger charge is -2.16. The minimum Gasteiger partial charge on any atom is -0.491 e. The molecular formula is C15H23NO3. The minimum absolute atomic E-state index is 0.0412. The van der Waals surface area contributed by atoms with Crippen molar-refractivity contribution in [3.8, 4) is 5.75 Å². The number of benzene rings is 1. The van der Waals surface area contributed by atoms with Gasteiger partial charge >= 0.3 is 0 Å². The summed E-state index contributed by atoms with van der Waals surface area (Å²) in [6.07, 6.45) is 0.975. The van der Waals surface area contributed by atoms with Gasteiger partial charge in [0.25, 0.3) is 0 Å². The lowest BCUT2D eigenvalue weighted by atomic mass is 10.1. The predicted octanol–water partition coefficient (Wildman–Crippen LogP) is 2.42. The number of hydrogen-bond acceptors (Lipinski definition) is 3. The number of rotatable bonds is 7. The van der Waals surface area contributed by atoms with Gasteiger partial charge in [-0.15, -0.1) is 0 Å². The van der Waals surface area contributed by atoms with Crippen LogP contribution in [-0.2, 0) is 4.79 Å². The average molecular weight is 265 g/mol. The van der Waals surface area contributed by atoms with Gasteiger partial charge in [-0.1, -0.05) is 12.1 Å².